The van der Waals surface area contributed by atoms with Gasteiger partial charge in [0.25, 0.3) is 0 Å². The lowest BCUT2D eigenvalue weighted by Gasteiger charge is -2.18. The molecule has 4 aromatic rings. The van der Waals surface area contributed by atoms with Crippen molar-refractivity contribution in [3.63, 3.8) is 0 Å². The van der Waals surface area contributed by atoms with Crippen molar-refractivity contribution in [2.75, 3.05) is 7.11 Å². The second-order valence-electron chi connectivity index (χ2n) is 7.55. The van der Waals surface area contributed by atoms with Crippen LogP contribution in [-0.4, -0.2) is 23.1 Å². The first-order chi connectivity index (χ1) is 14.2. The van der Waals surface area contributed by atoms with E-state index in [9.17, 15) is 0 Å². The molecular weight excluding hydrogens is 362 g/mol. The SMILES string of the molecule is COc1cc(CC2c3ccccc3CC2N)ccc1Oc1ccc2nc[nH]c2c1. The molecule has 3 aromatic carbocycles. The number of nitrogens with one attached hydrogen (secondary N) is 1. The zero-order chi connectivity index (χ0) is 19.8. The zero-order valence-corrected chi connectivity index (χ0v) is 16.3. The minimum absolute atomic E-state index is 0.149. The predicted octanol–water partition coefficient (Wildman–Crippen LogP) is 4.57. The van der Waals surface area contributed by atoms with Gasteiger partial charge in [-0.3, -0.25) is 0 Å². The number of nitrogens with zero attached hydrogens (tertiary/aromatic N) is 1. The largest absolute Gasteiger partial charge is 0.493 e. The third kappa shape index (κ3) is 3.34. The monoisotopic (exact) mass is 385 g/mol. The van der Waals surface area contributed by atoms with Gasteiger partial charge in [-0.1, -0.05) is 30.3 Å². The van der Waals surface area contributed by atoms with E-state index in [0.717, 1.165) is 29.6 Å². The number of benzene rings is 3. The van der Waals surface area contributed by atoms with Crippen LogP contribution in [0.1, 0.15) is 22.6 Å². The quantitative estimate of drug-likeness (QED) is 0.528. The van der Waals surface area contributed by atoms with E-state index in [2.05, 4.69) is 46.4 Å². The molecular formula is C24H23N3O2. The average Bonchev–Trinajstić information content (AvgIpc) is 3.33. The Bertz CT molecular complexity index is 1170. The highest BCUT2D eigenvalue weighted by atomic mass is 16.5. The van der Waals surface area contributed by atoms with E-state index in [1.54, 1.807) is 13.4 Å². The Balaban J connectivity index is 1.39. The lowest BCUT2D eigenvalue weighted by Crippen LogP contribution is -2.26. The van der Waals surface area contributed by atoms with Gasteiger partial charge in [-0.05, 0) is 53.8 Å². The minimum atomic E-state index is 0.149. The molecule has 5 heteroatoms. The van der Waals surface area contributed by atoms with E-state index >= 15 is 0 Å². The number of rotatable bonds is 5. The number of nitrogens with two attached hydrogens (primary N) is 1. The minimum Gasteiger partial charge on any atom is -0.493 e. The van der Waals surface area contributed by atoms with Gasteiger partial charge in [0.15, 0.2) is 11.5 Å². The topological polar surface area (TPSA) is 73.2 Å². The number of imidazole rings is 1. The third-order valence-electron chi connectivity index (χ3n) is 5.73. The van der Waals surface area contributed by atoms with Crippen molar-refractivity contribution in [2.24, 2.45) is 5.73 Å². The van der Waals surface area contributed by atoms with Crippen LogP contribution in [0.2, 0.25) is 0 Å². The van der Waals surface area contributed by atoms with Crippen molar-refractivity contribution in [3.05, 3.63) is 83.7 Å². The van der Waals surface area contributed by atoms with Crippen LogP contribution in [0, 0.1) is 0 Å². The van der Waals surface area contributed by atoms with Gasteiger partial charge in [0.2, 0.25) is 0 Å². The van der Waals surface area contributed by atoms with Crippen LogP contribution in [0.25, 0.3) is 11.0 Å². The standard InChI is InChI=1S/C24H23N3O2/c1-28-24-11-15(10-19-18-5-3-2-4-16(18)12-20(19)25)6-9-23(24)29-17-7-8-21-22(13-17)27-14-26-21/h2-9,11,13-14,19-20H,10,12,25H2,1H3,(H,26,27). The van der Waals surface area contributed by atoms with E-state index in [4.69, 9.17) is 15.2 Å². The summed E-state index contributed by atoms with van der Waals surface area (Å²) in [4.78, 5) is 7.34. The first-order valence-electron chi connectivity index (χ1n) is 9.82. The maximum absolute atomic E-state index is 6.45. The van der Waals surface area contributed by atoms with Crippen molar-refractivity contribution in [3.8, 4) is 17.2 Å². The van der Waals surface area contributed by atoms with E-state index in [1.165, 1.54) is 16.7 Å². The van der Waals surface area contributed by atoms with Crippen LogP contribution in [0.4, 0.5) is 0 Å². The zero-order valence-electron chi connectivity index (χ0n) is 16.3. The number of hydrogen-bond acceptors (Lipinski definition) is 4. The molecule has 146 valence electrons. The third-order valence-corrected chi connectivity index (χ3v) is 5.73. The fourth-order valence-corrected chi connectivity index (χ4v) is 4.25. The van der Waals surface area contributed by atoms with Crippen molar-refractivity contribution in [1.82, 2.24) is 9.97 Å². The summed E-state index contributed by atoms with van der Waals surface area (Å²) in [6.45, 7) is 0. The molecule has 1 aromatic heterocycles. The molecule has 2 atom stereocenters. The second kappa shape index (κ2) is 7.26. The smallest absolute Gasteiger partial charge is 0.169 e. The van der Waals surface area contributed by atoms with Gasteiger partial charge in [0, 0.05) is 18.0 Å². The molecule has 0 spiro atoms. The predicted molar refractivity (Wildman–Crippen MR) is 114 cm³/mol. The average molecular weight is 385 g/mol. The molecule has 1 aliphatic rings. The molecule has 0 fully saturated rings. The summed E-state index contributed by atoms with van der Waals surface area (Å²) in [5.74, 6) is 2.46. The van der Waals surface area contributed by atoms with Crippen LogP contribution in [0.15, 0.2) is 67.0 Å². The number of hydrogen-bond donors (Lipinski definition) is 2. The summed E-state index contributed by atoms with van der Waals surface area (Å²) in [5, 5.41) is 0. The van der Waals surface area contributed by atoms with Crippen molar-refractivity contribution < 1.29 is 9.47 Å². The van der Waals surface area contributed by atoms with E-state index in [0.29, 0.717) is 17.4 Å². The first-order valence-corrected chi connectivity index (χ1v) is 9.82. The molecule has 0 saturated heterocycles. The van der Waals surface area contributed by atoms with Crippen LogP contribution in [-0.2, 0) is 12.8 Å². The van der Waals surface area contributed by atoms with Crippen LogP contribution >= 0.6 is 0 Å². The number of methoxy groups -OCH3 is 1. The molecule has 5 rings (SSSR count). The second-order valence-corrected chi connectivity index (χ2v) is 7.55. The lowest BCUT2D eigenvalue weighted by molar-refractivity contribution is 0.378. The summed E-state index contributed by atoms with van der Waals surface area (Å²) in [6, 6.07) is 20.6. The first kappa shape index (κ1) is 17.8. The van der Waals surface area contributed by atoms with E-state index in [-0.39, 0.29) is 6.04 Å². The molecule has 1 aliphatic carbocycles. The van der Waals surface area contributed by atoms with E-state index < -0.39 is 0 Å². The molecule has 0 aliphatic heterocycles. The molecule has 0 saturated carbocycles. The molecule has 3 N–H and O–H groups in total. The van der Waals surface area contributed by atoms with Crippen molar-refractivity contribution in [1.29, 1.82) is 0 Å². The summed E-state index contributed by atoms with van der Waals surface area (Å²) >= 11 is 0. The Kier molecular flexibility index (Phi) is 4.45. The van der Waals surface area contributed by atoms with Crippen LogP contribution in [0.5, 0.6) is 17.2 Å². The molecule has 0 radical (unpaired) electrons. The maximum Gasteiger partial charge on any atom is 0.169 e. The van der Waals surface area contributed by atoms with Crippen molar-refractivity contribution in [2.45, 2.75) is 24.8 Å². The van der Waals surface area contributed by atoms with Gasteiger partial charge in [0.1, 0.15) is 5.75 Å². The molecule has 1 heterocycles. The Hall–Kier alpha value is -3.31. The number of aromatic amines is 1. The van der Waals surface area contributed by atoms with Crippen LogP contribution < -0.4 is 15.2 Å². The molecule has 29 heavy (non-hydrogen) atoms. The molecule has 2 unspecified atom stereocenters. The van der Waals surface area contributed by atoms with Gasteiger partial charge in [0.05, 0.1) is 24.5 Å². The molecule has 0 amide bonds. The normalized spacial score (nSPS) is 18.0. The Morgan fingerprint density at radius 1 is 1.07 bits per heavy atom. The highest BCUT2D eigenvalue weighted by Gasteiger charge is 2.29. The fraction of sp³-hybridized carbons (Fsp3) is 0.208. The summed E-state index contributed by atoms with van der Waals surface area (Å²) in [7, 11) is 1.67. The summed E-state index contributed by atoms with van der Waals surface area (Å²) in [5.41, 5.74) is 12.2. The van der Waals surface area contributed by atoms with Gasteiger partial charge >= 0.3 is 0 Å². The van der Waals surface area contributed by atoms with Crippen LogP contribution in [0.3, 0.4) is 0 Å². The Morgan fingerprint density at radius 2 is 1.97 bits per heavy atom. The van der Waals surface area contributed by atoms with E-state index in [1.807, 2.05) is 24.3 Å². The maximum atomic E-state index is 6.45. The van der Waals surface area contributed by atoms with Gasteiger partial charge < -0.3 is 20.2 Å². The molecule has 0 bridgehead atoms. The number of ether oxygens (including phenoxy) is 2. The number of fused-ring (bicyclic) bond motifs is 2. The number of H-pyrrole nitrogens is 1. The van der Waals surface area contributed by atoms with Gasteiger partial charge in [-0.15, -0.1) is 0 Å². The highest BCUT2D eigenvalue weighted by molar-refractivity contribution is 5.76. The van der Waals surface area contributed by atoms with Gasteiger partial charge in [-0.25, -0.2) is 4.98 Å². The summed E-state index contributed by atoms with van der Waals surface area (Å²) in [6.07, 6.45) is 3.50. The van der Waals surface area contributed by atoms with Gasteiger partial charge in [-0.2, -0.15) is 0 Å². The Labute approximate surface area is 169 Å². The lowest BCUT2D eigenvalue weighted by atomic mass is 9.91. The fourth-order valence-electron chi connectivity index (χ4n) is 4.25. The van der Waals surface area contributed by atoms with Crippen molar-refractivity contribution >= 4 is 11.0 Å². The highest BCUT2D eigenvalue weighted by Crippen LogP contribution is 2.38. The molecule has 5 nitrogen and oxygen atoms in total. The number of aromatic nitrogens is 2. The summed E-state index contributed by atoms with van der Waals surface area (Å²) < 4.78 is 11.7. The Morgan fingerprint density at radius 3 is 2.86 bits per heavy atom.